The molecule has 3 amide bonds. The van der Waals surface area contributed by atoms with Crippen LogP contribution in [0.3, 0.4) is 0 Å². The molecule has 0 spiro atoms. The van der Waals surface area contributed by atoms with Gasteiger partial charge in [0.25, 0.3) is 5.91 Å². The van der Waals surface area contributed by atoms with Gasteiger partial charge in [0.1, 0.15) is 23.4 Å². The van der Waals surface area contributed by atoms with E-state index >= 15 is 0 Å². The molecule has 4 rings (SSSR count). The molecule has 2 heterocycles. The van der Waals surface area contributed by atoms with Crippen LogP contribution < -0.4 is 20.3 Å². The number of Topliss-reactive ketones (excluding diaryl/α,β-unsaturated/α-hetero) is 1. The second-order valence-electron chi connectivity index (χ2n) is 11.5. The van der Waals surface area contributed by atoms with Crippen LogP contribution in [0.15, 0.2) is 28.9 Å². The van der Waals surface area contributed by atoms with Gasteiger partial charge in [-0.1, -0.05) is 6.92 Å². The van der Waals surface area contributed by atoms with Gasteiger partial charge in [0.2, 0.25) is 5.91 Å². The highest BCUT2D eigenvalue weighted by atomic mass is 16.6. The molecule has 40 heavy (non-hydrogen) atoms. The lowest BCUT2D eigenvalue weighted by molar-refractivity contribution is -0.129. The fourth-order valence-corrected chi connectivity index (χ4v) is 5.00. The number of carbonyl (C=O) groups excluding carboxylic acids is 4. The Balaban J connectivity index is 1.47. The van der Waals surface area contributed by atoms with Crippen molar-refractivity contribution in [2.75, 3.05) is 50.1 Å². The van der Waals surface area contributed by atoms with E-state index in [-0.39, 0.29) is 29.4 Å². The van der Waals surface area contributed by atoms with E-state index in [4.69, 9.17) is 13.9 Å². The van der Waals surface area contributed by atoms with Gasteiger partial charge in [0.15, 0.2) is 5.78 Å². The molecule has 0 saturated carbocycles. The Morgan fingerprint density at radius 3 is 2.45 bits per heavy atom. The number of rotatable bonds is 6. The molecule has 2 aliphatic rings. The van der Waals surface area contributed by atoms with Gasteiger partial charge in [-0.2, -0.15) is 0 Å². The van der Waals surface area contributed by atoms with Crippen LogP contribution >= 0.6 is 0 Å². The molecule has 2 aromatic rings. The summed E-state index contributed by atoms with van der Waals surface area (Å²) in [6.45, 7) is 11.4. The van der Waals surface area contributed by atoms with Gasteiger partial charge in [-0.15, -0.1) is 0 Å². The summed E-state index contributed by atoms with van der Waals surface area (Å²) in [5.41, 5.74) is 0.155. The van der Waals surface area contributed by atoms with Gasteiger partial charge in [-0.25, -0.2) is 4.79 Å². The van der Waals surface area contributed by atoms with Gasteiger partial charge >= 0.3 is 6.09 Å². The van der Waals surface area contributed by atoms with E-state index in [2.05, 4.69) is 15.5 Å². The number of hydrogen-bond donors (Lipinski definition) is 2. The Hall–Kier alpha value is -4.02. The summed E-state index contributed by atoms with van der Waals surface area (Å²) in [6.07, 6.45) is 1.61. The predicted octanol–water partition coefficient (Wildman–Crippen LogP) is 3.87. The van der Waals surface area contributed by atoms with Crippen molar-refractivity contribution in [3.8, 4) is 5.75 Å². The van der Waals surface area contributed by atoms with Crippen LogP contribution in [0.2, 0.25) is 0 Å². The molecule has 1 saturated heterocycles. The number of anilines is 2. The third kappa shape index (κ3) is 6.24. The van der Waals surface area contributed by atoms with E-state index in [0.717, 1.165) is 5.69 Å². The normalized spacial score (nSPS) is 19.1. The van der Waals surface area contributed by atoms with Crippen LogP contribution in [0, 0.1) is 5.41 Å². The monoisotopic (exact) mass is 554 g/mol. The highest BCUT2D eigenvalue weighted by Gasteiger charge is 2.43. The van der Waals surface area contributed by atoms with Gasteiger partial charge < -0.3 is 34.3 Å². The molecular weight excluding hydrogens is 516 g/mol. The van der Waals surface area contributed by atoms with E-state index in [1.165, 1.54) is 13.4 Å². The lowest BCUT2D eigenvalue weighted by Crippen LogP contribution is -2.48. The maximum Gasteiger partial charge on any atom is 0.407 e. The fraction of sp³-hybridized carbons (Fsp3) is 0.517. The molecule has 2 N–H and O–H groups in total. The first-order chi connectivity index (χ1) is 18.8. The summed E-state index contributed by atoms with van der Waals surface area (Å²) in [5.74, 6) is 0.223. The molecule has 1 unspecified atom stereocenters. The standard InChI is InChI=1S/C29H38N4O7/c1-18(34)32-11-13-33(14-12-32)19-7-8-21(23(15-19)38-6)31-26(36)20-16-39-22-9-10-29(5,25(35)24(20)22)17-30-27(37)40-28(2,3)4/h7-8,15-16H,9-14,17H2,1-6H3,(H,30,37)(H,31,36). The highest BCUT2D eigenvalue weighted by molar-refractivity contribution is 6.15. The van der Waals surface area contributed by atoms with Gasteiger partial charge in [-0.3, -0.25) is 14.4 Å². The number of methoxy groups -OCH3 is 1. The molecule has 1 aliphatic carbocycles. The minimum atomic E-state index is -0.922. The minimum Gasteiger partial charge on any atom is -0.494 e. The smallest absolute Gasteiger partial charge is 0.407 e. The van der Waals surface area contributed by atoms with Crippen molar-refractivity contribution < 1.29 is 33.1 Å². The molecule has 1 fully saturated rings. The zero-order chi connectivity index (χ0) is 29.2. The molecular formula is C29H38N4O7. The molecule has 216 valence electrons. The summed E-state index contributed by atoms with van der Waals surface area (Å²) in [6, 6.07) is 5.48. The highest BCUT2D eigenvalue weighted by Crippen LogP contribution is 2.38. The number of nitrogens with one attached hydrogen (secondary N) is 2. The van der Waals surface area contributed by atoms with Gasteiger partial charge in [0, 0.05) is 63.2 Å². The van der Waals surface area contributed by atoms with E-state index in [1.807, 2.05) is 17.0 Å². The van der Waals surface area contributed by atoms with Crippen LogP contribution in [-0.4, -0.2) is 74.0 Å². The van der Waals surface area contributed by atoms with Crippen LogP contribution in [-0.2, 0) is 16.0 Å². The number of ketones is 1. The summed E-state index contributed by atoms with van der Waals surface area (Å²) < 4.78 is 16.5. The Labute approximate surface area is 234 Å². The maximum absolute atomic E-state index is 13.6. The quantitative estimate of drug-likeness (QED) is 0.550. The second kappa shape index (κ2) is 11.2. The molecule has 1 aromatic heterocycles. The Morgan fingerprint density at radius 1 is 1.12 bits per heavy atom. The van der Waals surface area contributed by atoms with Crippen molar-refractivity contribution in [2.45, 2.75) is 53.1 Å². The van der Waals surface area contributed by atoms with Crippen LogP contribution in [0.25, 0.3) is 0 Å². The molecule has 0 radical (unpaired) electrons. The number of fused-ring (bicyclic) bond motifs is 1. The average molecular weight is 555 g/mol. The van der Waals surface area contributed by atoms with Crippen molar-refractivity contribution in [2.24, 2.45) is 5.41 Å². The number of hydrogen-bond acceptors (Lipinski definition) is 8. The zero-order valence-corrected chi connectivity index (χ0v) is 24.0. The Bertz CT molecular complexity index is 1300. The minimum absolute atomic E-state index is 0.0647. The van der Waals surface area contributed by atoms with Crippen molar-refractivity contribution >= 4 is 35.1 Å². The van der Waals surface area contributed by atoms with Crippen molar-refractivity contribution in [1.29, 1.82) is 0 Å². The SMILES string of the molecule is COc1cc(N2CCN(C(C)=O)CC2)ccc1NC(=O)c1coc2c1C(=O)C(C)(CNC(=O)OC(C)(C)C)CC2. The number of aryl methyl sites for hydroxylation is 1. The third-order valence-electron chi connectivity index (χ3n) is 7.34. The van der Waals surface area contributed by atoms with Crippen molar-refractivity contribution in [3.63, 3.8) is 0 Å². The lowest BCUT2D eigenvalue weighted by atomic mass is 9.73. The molecule has 11 nitrogen and oxygen atoms in total. The number of benzene rings is 1. The lowest BCUT2D eigenvalue weighted by Gasteiger charge is -2.35. The van der Waals surface area contributed by atoms with E-state index in [9.17, 15) is 19.2 Å². The number of nitrogens with zero attached hydrogens (tertiary/aromatic N) is 2. The Kier molecular flexibility index (Phi) is 8.13. The number of carbonyl (C=O) groups is 4. The summed E-state index contributed by atoms with van der Waals surface area (Å²) in [4.78, 5) is 54.8. The number of amides is 3. The van der Waals surface area contributed by atoms with Gasteiger partial charge in [0.05, 0.1) is 23.9 Å². The van der Waals surface area contributed by atoms with E-state index in [1.54, 1.807) is 40.7 Å². The largest absolute Gasteiger partial charge is 0.494 e. The van der Waals surface area contributed by atoms with Crippen molar-refractivity contribution in [1.82, 2.24) is 10.2 Å². The maximum atomic E-state index is 13.6. The first-order valence-electron chi connectivity index (χ1n) is 13.4. The topological polar surface area (TPSA) is 130 Å². The summed E-state index contributed by atoms with van der Waals surface area (Å²) >= 11 is 0. The molecule has 1 aliphatic heterocycles. The summed E-state index contributed by atoms with van der Waals surface area (Å²) in [5, 5.41) is 5.55. The third-order valence-corrected chi connectivity index (χ3v) is 7.34. The average Bonchev–Trinajstić information content (AvgIpc) is 3.34. The number of piperazine rings is 1. The molecule has 11 heteroatoms. The van der Waals surface area contributed by atoms with E-state index < -0.39 is 23.0 Å². The van der Waals surface area contributed by atoms with Crippen LogP contribution in [0.5, 0.6) is 5.75 Å². The van der Waals surface area contributed by atoms with Crippen molar-refractivity contribution in [3.05, 3.63) is 41.3 Å². The van der Waals surface area contributed by atoms with Crippen LogP contribution in [0.1, 0.15) is 67.5 Å². The molecule has 1 atom stereocenters. The zero-order valence-electron chi connectivity index (χ0n) is 24.0. The first kappa shape index (κ1) is 29.0. The van der Waals surface area contributed by atoms with Crippen LogP contribution in [0.4, 0.5) is 16.2 Å². The van der Waals surface area contributed by atoms with Gasteiger partial charge in [-0.05, 0) is 39.3 Å². The predicted molar refractivity (Wildman–Crippen MR) is 149 cm³/mol. The number of ether oxygens (including phenoxy) is 2. The molecule has 0 bridgehead atoms. The second-order valence-corrected chi connectivity index (χ2v) is 11.5. The number of furan rings is 1. The molecule has 1 aromatic carbocycles. The fourth-order valence-electron chi connectivity index (χ4n) is 5.00. The van der Waals surface area contributed by atoms with E-state index in [0.29, 0.717) is 56.2 Å². The number of alkyl carbamates (subject to hydrolysis) is 1. The summed E-state index contributed by atoms with van der Waals surface area (Å²) in [7, 11) is 1.52. The first-order valence-corrected chi connectivity index (χ1v) is 13.4. The Morgan fingerprint density at radius 2 is 1.82 bits per heavy atom.